The van der Waals surface area contributed by atoms with Crippen LogP contribution in [0.25, 0.3) is 0 Å². The van der Waals surface area contributed by atoms with Gasteiger partial charge in [0.1, 0.15) is 6.61 Å². The topological polar surface area (TPSA) is 98.2 Å². The Kier molecular flexibility index (Phi) is 10.1. The molecule has 0 bridgehead atoms. The third-order valence-corrected chi connectivity index (χ3v) is 4.59. The van der Waals surface area contributed by atoms with Crippen LogP contribution in [0.5, 0.6) is 11.5 Å². The van der Waals surface area contributed by atoms with Crippen LogP contribution in [-0.4, -0.2) is 44.9 Å². The van der Waals surface area contributed by atoms with Gasteiger partial charge in [-0.25, -0.2) is 5.43 Å². The molecule has 2 aromatic carbocycles. The molecular weight excluding hydrogens is 445 g/mol. The monoisotopic (exact) mass is 467 g/mol. The fourth-order valence-corrected chi connectivity index (χ4v) is 2.88. The Morgan fingerprint density at radius 1 is 1.06 bits per heavy atom. The summed E-state index contributed by atoms with van der Waals surface area (Å²) in [6, 6.07) is 10.4. The fraction of sp³-hybridized carbons (Fsp3) is 0.286. The molecule has 0 aliphatic heterocycles. The van der Waals surface area contributed by atoms with Crippen molar-refractivity contribution in [1.82, 2.24) is 10.7 Å². The largest absolute Gasteiger partial charge is 0.490 e. The lowest BCUT2D eigenvalue weighted by molar-refractivity contribution is -0.139. The van der Waals surface area contributed by atoms with Crippen LogP contribution >= 0.6 is 23.2 Å². The molecule has 0 saturated carbocycles. The predicted octanol–water partition coefficient (Wildman–Crippen LogP) is 3.18. The van der Waals surface area contributed by atoms with Crippen LogP contribution in [0.3, 0.4) is 0 Å². The Morgan fingerprint density at radius 2 is 1.81 bits per heavy atom. The number of nitrogens with one attached hydrogen (secondary N) is 2. The van der Waals surface area contributed by atoms with Crippen LogP contribution in [-0.2, 0) is 20.9 Å². The first kappa shape index (κ1) is 24.5. The molecule has 0 radical (unpaired) electrons. The number of benzene rings is 2. The maximum absolute atomic E-state index is 11.7. The van der Waals surface area contributed by atoms with Crippen LogP contribution < -0.4 is 20.2 Å². The molecule has 10 heteroatoms. The Morgan fingerprint density at radius 3 is 2.48 bits per heavy atom. The molecule has 2 N–H and O–H groups in total. The number of halogens is 2. The maximum Gasteiger partial charge on any atom is 0.329 e. The van der Waals surface area contributed by atoms with E-state index in [4.69, 9.17) is 37.4 Å². The molecule has 0 saturated heterocycles. The van der Waals surface area contributed by atoms with Gasteiger partial charge in [-0.05, 0) is 42.8 Å². The fourth-order valence-electron chi connectivity index (χ4n) is 2.38. The molecule has 0 aliphatic carbocycles. The number of hydrogen-bond donors (Lipinski definition) is 2. The number of ether oxygens (including phenoxy) is 3. The van der Waals surface area contributed by atoms with Gasteiger partial charge in [0.25, 0.3) is 0 Å². The van der Waals surface area contributed by atoms with E-state index in [0.717, 1.165) is 0 Å². The molecule has 0 spiro atoms. The van der Waals surface area contributed by atoms with Gasteiger partial charge in [0, 0.05) is 29.3 Å². The zero-order valence-electron chi connectivity index (χ0n) is 17.1. The molecular formula is C21H23Cl2N3O5. The second kappa shape index (κ2) is 12.8. The summed E-state index contributed by atoms with van der Waals surface area (Å²) >= 11 is 12.4. The highest BCUT2D eigenvalue weighted by Gasteiger charge is 2.12. The van der Waals surface area contributed by atoms with Crippen LogP contribution in [0.2, 0.25) is 10.0 Å². The maximum atomic E-state index is 11.7. The minimum absolute atomic E-state index is 0.167. The standard InChI is InChI=1S/C21H23Cl2N3O5/c1-3-30-19-11-14(12-25-26-21(28)20(27)24-9-10-29-2)7-8-18(19)31-13-15-16(22)5-4-6-17(15)23/h4-8,11-12H,3,9-10,13H2,1-2H3,(H,24,27)(H,26,28)/b25-12-. The number of methoxy groups -OCH3 is 1. The Hall–Kier alpha value is -2.81. The lowest BCUT2D eigenvalue weighted by Gasteiger charge is -2.14. The van der Waals surface area contributed by atoms with Crippen LogP contribution in [0.15, 0.2) is 41.5 Å². The van der Waals surface area contributed by atoms with E-state index >= 15 is 0 Å². The van der Waals surface area contributed by atoms with Gasteiger partial charge >= 0.3 is 11.8 Å². The molecule has 31 heavy (non-hydrogen) atoms. The van der Waals surface area contributed by atoms with E-state index < -0.39 is 11.8 Å². The number of carbonyl (C=O) groups excluding carboxylic acids is 2. The van der Waals surface area contributed by atoms with E-state index in [2.05, 4.69) is 15.8 Å². The van der Waals surface area contributed by atoms with Gasteiger partial charge in [-0.3, -0.25) is 9.59 Å². The zero-order chi connectivity index (χ0) is 22.6. The number of hydrazone groups is 1. The Balaban J connectivity index is 2.01. The molecule has 0 fully saturated rings. The molecule has 166 valence electrons. The number of rotatable bonds is 10. The van der Waals surface area contributed by atoms with Crippen molar-refractivity contribution in [3.8, 4) is 11.5 Å². The molecule has 0 atom stereocenters. The van der Waals surface area contributed by atoms with Gasteiger partial charge < -0.3 is 19.5 Å². The van der Waals surface area contributed by atoms with Crippen molar-refractivity contribution in [2.45, 2.75) is 13.5 Å². The van der Waals surface area contributed by atoms with Crippen molar-refractivity contribution in [2.24, 2.45) is 5.10 Å². The second-order valence-electron chi connectivity index (χ2n) is 6.08. The highest BCUT2D eigenvalue weighted by Crippen LogP contribution is 2.31. The van der Waals surface area contributed by atoms with E-state index in [9.17, 15) is 9.59 Å². The first-order chi connectivity index (χ1) is 15.0. The summed E-state index contributed by atoms with van der Waals surface area (Å²) in [7, 11) is 1.50. The molecule has 0 aromatic heterocycles. The van der Waals surface area contributed by atoms with Gasteiger partial charge in [0.15, 0.2) is 11.5 Å². The number of hydrogen-bond acceptors (Lipinski definition) is 6. The average molecular weight is 468 g/mol. The highest BCUT2D eigenvalue weighted by atomic mass is 35.5. The number of nitrogens with zero attached hydrogens (tertiary/aromatic N) is 1. The normalized spacial score (nSPS) is 10.7. The number of amides is 2. The molecule has 0 unspecified atom stereocenters. The molecule has 8 nitrogen and oxygen atoms in total. The second-order valence-corrected chi connectivity index (χ2v) is 6.89. The summed E-state index contributed by atoms with van der Waals surface area (Å²) in [5.41, 5.74) is 3.46. The van der Waals surface area contributed by atoms with Gasteiger partial charge in [-0.2, -0.15) is 5.10 Å². The minimum atomic E-state index is -0.881. The first-order valence-corrected chi connectivity index (χ1v) is 10.1. The highest BCUT2D eigenvalue weighted by molar-refractivity contribution is 6.36. The average Bonchev–Trinajstić information content (AvgIpc) is 2.74. The minimum Gasteiger partial charge on any atom is -0.490 e. The molecule has 0 heterocycles. The summed E-state index contributed by atoms with van der Waals surface area (Å²) in [5.74, 6) is -0.699. The summed E-state index contributed by atoms with van der Waals surface area (Å²) in [6.07, 6.45) is 1.39. The van der Waals surface area contributed by atoms with E-state index in [1.54, 1.807) is 36.4 Å². The summed E-state index contributed by atoms with van der Waals surface area (Å²) in [5, 5.41) is 7.21. The number of carbonyl (C=O) groups is 2. The smallest absolute Gasteiger partial charge is 0.329 e. The van der Waals surface area contributed by atoms with Crippen molar-refractivity contribution in [3.63, 3.8) is 0 Å². The molecule has 2 rings (SSSR count). The Bertz CT molecular complexity index is 917. The van der Waals surface area contributed by atoms with E-state index in [0.29, 0.717) is 45.9 Å². The van der Waals surface area contributed by atoms with Crippen molar-refractivity contribution in [2.75, 3.05) is 26.9 Å². The predicted molar refractivity (Wildman–Crippen MR) is 119 cm³/mol. The third-order valence-electron chi connectivity index (χ3n) is 3.88. The van der Waals surface area contributed by atoms with E-state index in [1.807, 2.05) is 6.92 Å². The lowest BCUT2D eigenvalue weighted by Crippen LogP contribution is -2.39. The van der Waals surface area contributed by atoms with Gasteiger partial charge in [-0.1, -0.05) is 29.3 Å². The van der Waals surface area contributed by atoms with Crippen LogP contribution in [0.4, 0.5) is 0 Å². The van der Waals surface area contributed by atoms with E-state index in [1.165, 1.54) is 13.3 Å². The SMILES string of the molecule is CCOc1cc(/C=N\NC(=O)C(=O)NCCOC)ccc1OCc1c(Cl)cccc1Cl. The zero-order valence-corrected chi connectivity index (χ0v) is 18.6. The summed E-state index contributed by atoms with van der Waals surface area (Å²) < 4.78 is 16.3. The third kappa shape index (κ3) is 7.75. The van der Waals surface area contributed by atoms with Crippen molar-refractivity contribution < 1.29 is 23.8 Å². The van der Waals surface area contributed by atoms with Crippen molar-refractivity contribution >= 4 is 41.2 Å². The van der Waals surface area contributed by atoms with Crippen molar-refractivity contribution in [3.05, 3.63) is 57.6 Å². The van der Waals surface area contributed by atoms with Gasteiger partial charge in [0.2, 0.25) is 0 Å². The Labute approximate surface area is 190 Å². The lowest BCUT2D eigenvalue weighted by atomic mass is 10.2. The molecule has 0 aliphatic rings. The van der Waals surface area contributed by atoms with Gasteiger partial charge in [0.05, 0.1) is 19.4 Å². The quantitative estimate of drug-likeness (QED) is 0.242. The molecule has 2 aromatic rings. The molecule has 2 amide bonds. The van der Waals surface area contributed by atoms with Gasteiger partial charge in [-0.15, -0.1) is 0 Å². The van der Waals surface area contributed by atoms with E-state index in [-0.39, 0.29) is 13.2 Å². The first-order valence-electron chi connectivity index (χ1n) is 9.39. The van der Waals surface area contributed by atoms with Crippen molar-refractivity contribution in [1.29, 1.82) is 0 Å². The summed E-state index contributed by atoms with van der Waals surface area (Å²) in [6.45, 7) is 2.96. The summed E-state index contributed by atoms with van der Waals surface area (Å²) in [4.78, 5) is 23.3. The van der Waals surface area contributed by atoms with Crippen LogP contribution in [0, 0.1) is 0 Å². The van der Waals surface area contributed by atoms with Crippen LogP contribution in [0.1, 0.15) is 18.1 Å².